The second kappa shape index (κ2) is 8.11. The lowest BCUT2D eigenvalue weighted by molar-refractivity contribution is 0.245. The predicted octanol–water partition coefficient (Wildman–Crippen LogP) is 4.90. The summed E-state index contributed by atoms with van der Waals surface area (Å²) in [4.78, 5) is 16.0. The van der Waals surface area contributed by atoms with Gasteiger partial charge in [-0.15, -0.1) is 11.3 Å². The average Bonchev–Trinajstić information content (AvgIpc) is 3.30. The van der Waals surface area contributed by atoms with E-state index in [1.54, 1.807) is 17.5 Å². The molecule has 5 nitrogen and oxygen atoms in total. The fourth-order valence-corrected chi connectivity index (χ4v) is 4.25. The number of rotatable bonds is 5. The first-order valence-electron chi connectivity index (χ1n) is 9.71. The maximum atomic E-state index is 4.64. The van der Waals surface area contributed by atoms with Gasteiger partial charge in [-0.3, -0.25) is 4.90 Å². The monoisotopic (exact) mass is 399 g/mol. The lowest BCUT2D eigenvalue weighted by Crippen LogP contribution is -2.30. The molecule has 1 aliphatic heterocycles. The van der Waals surface area contributed by atoms with Gasteiger partial charge in [0.1, 0.15) is 22.3 Å². The van der Waals surface area contributed by atoms with Crippen molar-refractivity contribution in [1.29, 1.82) is 0 Å². The van der Waals surface area contributed by atoms with E-state index in [0.717, 1.165) is 48.4 Å². The Hall–Kier alpha value is -3.09. The van der Waals surface area contributed by atoms with Crippen molar-refractivity contribution in [1.82, 2.24) is 19.9 Å². The van der Waals surface area contributed by atoms with Crippen LogP contribution in [-0.4, -0.2) is 26.4 Å². The lowest BCUT2D eigenvalue weighted by Gasteiger charge is -2.28. The van der Waals surface area contributed by atoms with Crippen molar-refractivity contribution in [3.63, 3.8) is 0 Å². The van der Waals surface area contributed by atoms with Crippen LogP contribution in [0, 0.1) is 0 Å². The van der Waals surface area contributed by atoms with E-state index in [9.17, 15) is 0 Å². The van der Waals surface area contributed by atoms with Gasteiger partial charge in [0, 0.05) is 37.4 Å². The fourth-order valence-electron chi connectivity index (χ4n) is 3.64. The van der Waals surface area contributed by atoms with Crippen LogP contribution < -0.4 is 5.32 Å². The summed E-state index contributed by atoms with van der Waals surface area (Å²) in [6.07, 6.45) is 4.86. The maximum Gasteiger partial charge on any atom is 0.141 e. The number of thiazole rings is 1. The molecule has 1 aliphatic rings. The highest BCUT2D eigenvalue weighted by molar-refractivity contribution is 7.13. The Bertz CT molecular complexity index is 1090. The van der Waals surface area contributed by atoms with Gasteiger partial charge in [0.15, 0.2) is 0 Å². The SMILES string of the molecule is c1cc(Nc2ccc(CN3CCc4ccccc4C3)cn2)nc(-c2nccs2)c1. The molecule has 0 unspecified atom stereocenters. The van der Waals surface area contributed by atoms with Crippen LogP contribution in [0.5, 0.6) is 0 Å². The van der Waals surface area contributed by atoms with Gasteiger partial charge in [-0.05, 0) is 41.3 Å². The van der Waals surface area contributed by atoms with Gasteiger partial charge < -0.3 is 5.32 Å². The lowest BCUT2D eigenvalue weighted by atomic mass is 10.00. The van der Waals surface area contributed by atoms with E-state index in [-0.39, 0.29) is 0 Å². The minimum absolute atomic E-state index is 0.769. The van der Waals surface area contributed by atoms with E-state index in [1.165, 1.54) is 16.7 Å². The molecule has 0 bridgehead atoms. The fraction of sp³-hybridized carbons (Fsp3) is 0.174. The van der Waals surface area contributed by atoms with Crippen LogP contribution in [0.1, 0.15) is 16.7 Å². The van der Waals surface area contributed by atoms with Crippen molar-refractivity contribution in [2.45, 2.75) is 19.5 Å². The van der Waals surface area contributed by atoms with Crippen molar-refractivity contribution < 1.29 is 0 Å². The van der Waals surface area contributed by atoms with Crippen LogP contribution in [0.2, 0.25) is 0 Å². The molecule has 1 N–H and O–H groups in total. The summed E-state index contributed by atoms with van der Waals surface area (Å²) in [5.74, 6) is 1.56. The smallest absolute Gasteiger partial charge is 0.141 e. The number of pyridine rings is 2. The first kappa shape index (κ1) is 18.0. The first-order chi connectivity index (χ1) is 14.3. The molecule has 144 valence electrons. The van der Waals surface area contributed by atoms with Gasteiger partial charge in [0.05, 0.1) is 0 Å². The van der Waals surface area contributed by atoms with E-state index in [2.05, 4.69) is 55.5 Å². The third-order valence-corrected chi connectivity index (χ3v) is 5.89. The number of nitrogens with one attached hydrogen (secondary N) is 1. The first-order valence-corrected chi connectivity index (χ1v) is 10.6. The second-order valence-electron chi connectivity index (χ2n) is 7.15. The van der Waals surface area contributed by atoms with E-state index in [0.29, 0.717) is 0 Å². The number of nitrogens with zero attached hydrogens (tertiary/aromatic N) is 4. The average molecular weight is 400 g/mol. The molecule has 5 rings (SSSR count). The molecule has 0 amide bonds. The van der Waals surface area contributed by atoms with Gasteiger partial charge in [-0.25, -0.2) is 15.0 Å². The van der Waals surface area contributed by atoms with Crippen LogP contribution in [-0.2, 0) is 19.5 Å². The molecular weight excluding hydrogens is 378 g/mol. The third kappa shape index (κ3) is 4.18. The molecule has 0 saturated heterocycles. The zero-order valence-electron chi connectivity index (χ0n) is 16.0. The van der Waals surface area contributed by atoms with Gasteiger partial charge in [-0.2, -0.15) is 0 Å². The second-order valence-corrected chi connectivity index (χ2v) is 8.05. The van der Waals surface area contributed by atoms with Gasteiger partial charge >= 0.3 is 0 Å². The van der Waals surface area contributed by atoms with Crippen LogP contribution >= 0.6 is 11.3 Å². The molecule has 6 heteroatoms. The summed E-state index contributed by atoms with van der Waals surface area (Å²) < 4.78 is 0. The molecule has 0 saturated carbocycles. The molecule has 0 radical (unpaired) electrons. The van der Waals surface area contributed by atoms with Gasteiger partial charge in [0.25, 0.3) is 0 Å². The summed E-state index contributed by atoms with van der Waals surface area (Å²) in [5.41, 5.74) is 5.01. The Morgan fingerprint density at radius 1 is 0.931 bits per heavy atom. The minimum Gasteiger partial charge on any atom is -0.325 e. The Kier molecular flexibility index (Phi) is 5.02. The Balaban J connectivity index is 1.24. The van der Waals surface area contributed by atoms with Crippen LogP contribution in [0.25, 0.3) is 10.7 Å². The number of anilines is 2. The highest BCUT2D eigenvalue weighted by atomic mass is 32.1. The van der Waals surface area contributed by atoms with Crippen LogP contribution in [0.4, 0.5) is 11.6 Å². The number of hydrogen-bond acceptors (Lipinski definition) is 6. The van der Waals surface area contributed by atoms with Crippen LogP contribution in [0.3, 0.4) is 0 Å². The molecule has 3 aromatic heterocycles. The Labute approximate surface area is 174 Å². The molecule has 0 aliphatic carbocycles. The van der Waals surface area contributed by atoms with E-state index in [1.807, 2.05) is 35.8 Å². The number of hydrogen-bond donors (Lipinski definition) is 1. The summed E-state index contributed by atoms with van der Waals surface area (Å²) in [5, 5.41) is 6.16. The Morgan fingerprint density at radius 3 is 2.69 bits per heavy atom. The molecular formula is C23H21N5S. The summed E-state index contributed by atoms with van der Waals surface area (Å²) >= 11 is 1.58. The third-order valence-electron chi connectivity index (χ3n) is 5.10. The molecule has 4 heterocycles. The highest BCUT2D eigenvalue weighted by Crippen LogP contribution is 2.23. The van der Waals surface area contributed by atoms with Gasteiger partial charge in [-0.1, -0.05) is 36.4 Å². The molecule has 4 aromatic rings. The predicted molar refractivity (Wildman–Crippen MR) is 117 cm³/mol. The van der Waals surface area contributed by atoms with Crippen molar-refractivity contribution in [2.24, 2.45) is 0 Å². The number of aromatic nitrogens is 3. The zero-order chi connectivity index (χ0) is 19.5. The van der Waals surface area contributed by atoms with Crippen molar-refractivity contribution in [3.05, 3.63) is 89.1 Å². The van der Waals surface area contributed by atoms with Crippen molar-refractivity contribution in [3.8, 4) is 10.7 Å². The normalized spacial score (nSPS) is 13.8. The quantitative estimate of drug-likeness (QED) is 0.517. The Morgan fingerprint density at radius 2 is 1.86 bits per heavy atom. The molecule has 0 atom stereocenters. The molecule has 0 fully saturated rings. The standard InChI is InChI=1S/C23H21N5S/c1-2-5-19-16-28(12-10-18(19)4-1)15-17-8-9-21(25-14-17)27-22-7-3-6-20(26-22)23-24-11-13-29-23/h1-9,11,13-14H,10,12,15-16H2,(H,25,26,27). The number of benzene rings is 1. The largest absolute Gasteiger partial charge is 0.325 e. The van der Waals surface area contributed by atoms with E-state index < -0.39 is 0 Å². The summed E-state index contributed by atoms with van der Waals surface area (Å²) in [7, 11) is 0. The van der Waals surface area contributed by atoms with Crippen molar-refractivity contribution >= 4 is 23.0 Å². The van der Waals surface area contributed by atoms with E-state index in [4.69, 9.17) is 0 Å². The topological polar surface area (TPSA) is 53.9 Å². The van der Waals surface area contributed by atoms with Crippen LogP contribution in [0.15, 0.2) is 72.4 Å². The molecule has 29 heavy (non-hydrogen) atoms. The number of fused-ring (bicyclic) bond motifs is 1. The van der Waals surface area contributed by atoms with E-state index >= 15 is 0 Å². The minimum atomic E-state index is 0.769. The summed E-state index contributed by atoms with van der Waals surface area (Å²) in [6.45, 7) is 3.01. The van der Waals surface area contributed by atoms with Gasteiger partial charge in [0.2, 0.25) is 0 Å². The highest BCUT2D eigenvalue weighted by Gasteiger charge is 2.15. The van der Waals surface area contributed by atoms with Crippen molar-refractivity contribution in [2.75, 3.05) is 11.9 Å². The maximum absolute atomic E-state index is 4.64. The summed E-state index contributed by atoms with van der Waals surface area (Å²) in [6, 6.07) is 18.8. The zero-order valence-corrected chi connectivity index (χ0v) is 16.8. The molecule has 0 spiro atoms. The molecule has 1 aromatic carbocycles.